The van der Waals surface area contributed by atoms with Crippen LogP contribution in [0.2, 0.25) is 0 Å². The van der Waals surface area contributed by atoms with Crippen molar-refractivity contribution in [1.29, 1.82) is 5.26 Å². The lowest BCUT2D eigenvalue weighted by molar-refractivity contribution is -0.132. The fraction of sp³-hybridized carbons (Fsp3) is 0.143. The van der Waals surface area contributed by atoms with E-state index in [9.17, 15) is 18.8 Å². The highest BCUT2D eigenvalue weighted by atomic mass is 19.1. The van der Waals surface area contributed by atoms with Crippen LogP contribution < -0.4 is 15.4 Å². The number of hydrogen-bond acceptors (Lipinski definition) is 7. The highest BCUT2D eigenvalue weighted by Crippen LogP contribution is 2.32. The number of ether oxygens (including phenoxy) is 1. The zero-order valence-corrected chi connectivity index (χ0v) is 15.8. The van der Waals surface area contributed by atoms with Crippen LogP contribution in [0.3, 0.4) is 0 Å². The van der Waals surface area contributed by atoms with E-state index < -0.39 is 23.4 Å². The molecule has 1 aliphatic heterocycles. The number of halogens is 2. The predicted octanol–water partition coefficient (Wildman–Crippen LogP) is 3.93. The highest BCUT2D eigenvalue weighted by Gasteiger charge is 2.18. The average molecular weight is 407 g/mol. The molecule has 2 aromatic carbocycles. The Kier molecular flexibility index (Phi) is 4.98. The number of benzene rings is 2. The van der Waals surface area contributed by atoms with Crippen molar-refractivity contribution in [3.8, 4) is 23.1 Å². The predicted molar refractivity (Wildman–Crippen MR) is 105 cm³/mol. The van der Waals surface area contributed by atoms with Crippen LogP contribution in [0, 0.1) is 23.0 Å². The summed E-state index contributed by atoms with van der Waals surface area (Å²) in [5.41, 5.74) is 3.74. The fourth-order valence-electron chi connectivity index (χ4n) is 3.25. The smallest absolute Gasteiger partial charge is 0.308 e. The number of carbonyl (C=O) groups is 1. The molecule has 2 heterocycles. The normalized spacial score (nSPS) is 11.9. The van der Waals surface area contributed by atoms with Gasteiger partial charge in [-0.1, -0.05) is 0 Å². The lowest BCUT2D eigenvalue weighted by Gasteiger charge is -2.10. The SMILES string of the molecule is CC(=O)Oc1c(F)cc(Nc2nccc(-c3cc(C#N)c4c(c3)CCN4)n2)cc1F. The number of rotatable bonds is 4. The number of anilines is 3. The number of hydrogen-bond donors (Lipinski definition) is 2. The van der Waals surface area contributed by atoms with Crippen molar-refractivity contribution < 1.29 is 18.3 Å². The molecule has 7 nitrogen and oxygen atoms in total. The first kappa shape index (κ1) is 19.3. The Bertz CT molecular complexity index is 1180. The van der Waals surface area contributed by atoms with Crippen molar-refractivity contribution in [1.82, 2.24) is 9.97 Å². The highest BCUT2D eigenvalue weighted by molar-refractivity contribution is 5.74. The number of nitrogens with one attached hydrogen (secondary N) is 2. The molecule has 0 saturated heterocycles. The molecule has 0 bridgehead atoms. The molecule has 9 heteroatoms. The minimum absolute atomic E-state index is 0.0499. The summed E-state index contributed by atoms with van der Waals surface area (Å²) in [7, 11) is 0. The fourth-order valence-corrected chi connectivity index (χ4v) is 3.25. The number of carbonyl (C=O) groups excluding carboxylic acids is 1. The van der Waals surface area contributed by atoms with Crippen molar-refractivity contribution in [3.05, 3.63) is 59.3 Å². The Morgan fingerprint density at radius 1 is 1.27 bits per heavy atom. The van der Waals surface area contributed by atoms with E-state index in [4.69, 9.17) is 0 Å². The number of esters is 1. The van der Waals surface area contributed by atoms with Gasteiger partial charge in [0.1, 0.15) is 6.07 Å². The van der Waals surface area contributed by atoms with Gasteiger partial charge in [-0.2, -0.15) is 5.26 Å². The van der Waals surface area contributed by atoms with Gasteiger partial charge in [-0.05, 0) is 30.2 Å². The largest absolute Gasteiger partial charge is 0.420 e. The van der Waals surface area contributed by atoms with Crippen molar-refractivity contribution in [2.45, 2.75) is 13.3 Å². The Morgan fingerprint density at radius 2 is 2.03 bits per heavy atom. The van der Waals surface area contributed by atoms with E-state index in [0.717, 1.165) is 48.8 Å². The number of nitriles is 1. The van der Waals surface area contributed by atoms with Gasteiger partial charge >= 0.3 is 5.97 Å². The van der Waals surface area contributed by atoms with E-state index >= 15 is 0 Å². The molecule has 1 aliphatic rings. The Morgan fingerprint density at radius 3 is 2.73 bits per heavy atom. The monoisotopic (exact) mass is 407 g/mol. The van der Waals surface area contributed by atoms with Crippen LogP contribution in [0.15, 0.2) is 36.5 Å². The number of fused-ring (bicyclic) bond motifs is 1. The maximum Gasteiger partial charge on any atom is 0.308 e. The molecule has 30 heavy (non-hydrogen) atoms. The Labute approximate surface area is 170 Å². The second kappa shape index (κ2) is 7.75. The minimum atomic E-state index is -1.03. The van der Waals surface area contributed by atoms with E-state index in [1.165, 1.54) is 6.20 Å². The summed E-state index contributed by atoms with van der Waals surface area (Å²) in [6.45, 7) is 1.82. The van der Waals surface area contributed by atoms with Gasteiger partial charge < -0.3 is 15.4 Å². The molecular formula is C21H15F2N5O2. The zero-order chi connectivity index (χ0) is 21.3. The van der Waals surface area contributed by atoms with Gasteiger partial charge in [-0.15, -0.1) is 0 Å². The van der Waals surface area contributed by atoms with Gasteiger partial charge in [0, 0.05) is 43.0 Å². The quantitative estimate of drug-likeness (QED) is 0.499. The van der Waals surface area contributed by atoms with Crippen LogP contribution in [0.1, 0.15) is 18.1 Å². The molecule has 0 unspecified atom stereocenters. The van der Waals surface area contributed by atoms with Gasteiger partial charge in [0.2, 0.25) is 11.7 Å². The van der Waals surface area contributed by atoms with E-state index in [2.05, 4.69) is 31.4 Å². The van der Waals surface area contributed by atoms with Crippen LogP contribution in [-0.4, -0.2) is 22.5 Å². The molecule has 0 aliphatic carbocycles. The van der Waals surface area contributed by atoms with Crippen molar-refractivity contribution in [2.75, 3.05) is 17.2 Å². The Balaban J connectivity index is 1.64. The molecule has 1 aromatic heterocycles. The molecule has 0 fully saturated rings. The molecule has 0 saturated carbocycles. The number of aromatic nitrogens is 2. The second-order valence-electron chi connectivity index (χ2n) is 6.60. The first-order chi connectivity index (χ1) is 14.4. The van der Waals surface area contributed by atoms with E-state index in [-0.39, 0.29) is 11.6 Å². The third-order valence-electron chi connectivity index (χ3n) is 4.49. The summed E-state index contributed by atoms with van der Waals surface area (Å²) in [6.07, 6.45) is 2.31. The molecule has 0 atom stereocenters. The summed E-state index contributed by atoms with van der Waals surface area (Å²) in [5, 5.41) is 15.4. The Hall–Kier alpha value is -4.06. The van der Waals surface area contributed by atoms with Crippen LogP contribution in [0.4, 0.5) is 26.1 Å². The van der Waals surface area contributed by atoms with Gasteiger partial charge in [0.05, 0.1) is 16.9 Å². The van der Waals surface area contributed by atoms with Crippen LogP contribution >= 0.6 is 0 Å². The first-order valence-electron chi connectivity index (χ1n) is 9.03. The third-order valence-corrected chi connectivity index (χ3v) is 4.49. The molecule has 0 radical (unpaired) electrons. The van der Waals surface area contributed by atoms with Gasteiger partial charge in [-0.25, -0.2) is 18.7 Å². The lowest BCUT2D eigenvalue weighted by Crippen LogP contribution is -2.06. The maximum absolute atomic E-state index is 14.1. The molecule has 0 amide bonds. The molecular weight excluding hydrogens is 392 g/mol. The lowest BCUT2D eigenvalue weighted by atomic mass is 10.0. The van der Waals surface area contributed by atoms with Crippen molar-refractivity contribution in [3.63, 3.8) is 0 Å². The van der Waals surface area contributed by atoms with E-state index in [1.54, 1.807) is 12.1 Å². The maximum atomic E-state index is 14.1. The van der Waals surface area contributed by atoms with Gasteiger partial charge in [-0.3, -0.25) is 4.79 Å². The van der Waals surface area contributed by atoms with E-state index in [0.29, 0.717) is 11.3 Å². The van der Waals surface area contributed by atoms with Crippen LogP contribution in [0.5, 0.6) is 5.75 Å². The van der Waals surface area contributed by atoms with Crippen molar-refractivity contribution >= 4 is 23.3 Å². The minimum Gasteiger partial charge on any atom is -0.420 e. The number of nitrogens with zero attached hydrogens (tertiary/aromatic N) is 3. The van der Waals surface area contributed by atoms with Gasteiger partial charge in [0.25, 0.3) is 0 Å². The average Bonchev–Trinajstić information content (AvgIpc) is 3.19. The summed E-state index contributed by atoms with van der Waals surface area (Å²) in [4.78, 5) is 19.4. The molecule has 3 aromatic rings. The molecule has 0 spiro atoms. The van der Waals surface area contributed by atoms with Crippen molar-refractivity contribution in [2.24, 2.45) is 0 Å². The molecule has 150 valence electrons. The summed E-state index contributed by atoms with van der Waals surface area (Å²) >= 11 is 0. The summed E-state index contributed by atoms with van der Waals surface area (Å²) in [5.74, 6) is -3.55. The van der Waals surface area contributed by atoms with E-state index in [1.807, 2.05) is 6.07 Å². The standard InChI is InChI=1S/C21H15F2N5O2/c1-11(29)30-20-16(22)8-15(9-17(20)23)27-21-26-5-3-18(28-21)13-6-12-2-4-25-19(12)14(7-13)10-24/h3,5-9,25H,2,4H2,1H3,(H,26,27,28). The molecule has 4 rings (SSSR count). The van der Waals surface area contributed by atoms with Crippen LogP contribution in [0.25, 0.3) is 11.3 Å². The third kappa shape index (κ3) is 3.75. The zero-order valence-electron chi connectivity index (χ0n) is 15.8. The summed E-state index contributed by atoms with van der Waals surface area (Å²) in [6, 6.07) is 9.51. The summed E-state index contributed by atoms with van der Waals surface area (Å²) < 4.78 is 32.7. The first-order valence-corrected chi connectivity index (χ1v) is 9.03. The molecule has 2 N–H and O–H groups in total. The second-order valence-corrected chi connectivity index (χ2v) is 6.60. The van der Waals surface area contributed by atoms with Crippen LogP contribution in [-0.2, 0) is 11.2 Å². The van der Waals surface area contributed by atoms with Gasteiger partial charge in [0.15, 0.2) is 11.6 Å². The topological polar surface area (TPSA) is 99.9 Å².